The zero-order chi connectivity index (χ0) is 18.9. The third kappa shape index (κ3) is 3.68. The van der Waals surface area contributed by atoms with Gasteiger partial charge in [-0.2, -0.15) is 0 Å². The summed E-state index contributed by atoms with van der Waals surface area (Å²) in [5.74, 6) is 2.83. The maximum Gasteiger partial charge on any atom is 0.311 e. The second-order valence-electron chi connectivity index (χ2n) is 8.77. The number of carbonyl (C=O) groups is 1. The topological polar surface area (TPSA) is 38.8 Å². The van der Waals surface area contributed by atoms with Crippen LogP contribution in [0, 0.1) is 17.8 Å². The summed E-state index contributed by atoms with van der Waals surface area (Å²) in [7, 11) is 0. The van der Waals surface area contributed by atoms with Gasteiger partial charge in [0.15, 0.2) is 0 Å². The maximum atomic E-state index is 12.8. The van der Waals surface area contributed by atoms with E-state index in [1.54, 1.807) is 0 Å². The number of ether oxygens (including phenoxy) is 2. The molecule has 2 saturated carbocycles. The van der Waals surface area contributed by atoms with Crippen LogP contribution in [0.2, 0.25) is 0 Å². The van der Waals surface area contributed by atoms with Gasteiger partial charge in [-0.1, -0.05) is 36.8 Å². The van der Waals surface area contributed by atoms with Gasteiger partial charge in [0.2, 0.25) is 0 Å². The molecule has 4 nitrogen and oxygen atoms in total. The first-order chi connectivity index (χ1) is 13.8. The highest BCUT2D eigenvalue weighted by Crippen LogP contribution is 2.49. The zero-order valence-corrected chi connectivity index (χ0v) is 16.4. The number of morpholine rings is 1. The molecule has 3 atom stereocenters. The number of rotatable bonds is 5. The quantitative estimate of drug-likeness (QED) is 0.570. The monoisotopic (exact) mass is 379 g/mol. The Morgan fingerprint density at radius 2 is 1.93 bits per heavy atom. The first kappa shape index (κ1) is 18.1. The Morgan fingerprint density at radius 1 is 1.07 bits per heavy atom. The fraction of sp³-hybridized carbons (Fsp3) is 0.542. The second-order valence-corrected chi connectivity index (χ2v) is 8.77. The van der Waals surface area contributed by atoms with Gasteiger partial charge in [-0.15, -0.1) is 0 Å². The highest BCUT2D eigenvalue weighted by molar-refractivity contribution is 5.88. The van der Waals surface area contributed by atoms with Crippen molar-refractivity contribution in [2.75, 3.05) is 26.3 Å². The van der Waals surface area contributed by atoms with Crippen LogP contribution in [0.3, 0.4) is 0 Å². The zero-order valence-electron chi connectivity index (χ0n) is 16.4. The molecule has 0 N–H and O–H groups in total. The van der Waals surface area contributed by atoms with Crippen molar-refractivity contribution in [3.8, 4) is 5.75 Å². The molecular weight excluding hydrogens is 350 g/mol. The van der Waals surface area contributed by atoms with E-state index in [9.17, 15) is 4.79 Å². The van der Waals surface area contributed by atoms with E-state index in [4.69, 9.17) is 9.47 Å². The summed E-state index contributed by atoms with van der Waals surface area (Å²) in [5.41, 5.74) is 1.13. The Labute approximate surface area is 166 Å². The Hall–Kier alpha value is -1.91. The van der Waals surface area contributed by atoms with Crippen molar-refractivity contribution in [1.29, 1.82) is 0 Å². The molecule has 0 radical (unpaired) electrons. The van der Waals surface area contributed by atoms with Crippen LogP contribution in [0.15, 0.2) is 36.4 Å². The maximum absolute atomic E-state index is 12.8. The largest absolute Gasteiger partial charge is 0.426 e. The number of hydrogen-bond acceptors (Lipinski definition) is 4. The molecule has 2 aromatic carbocycles. The molecule has 0 amide bonds. The fourth-order valence-electron chi connectivity index (χ4n) is 5.56. The van der Waals surface area contributed by atoms with Crippen LogP contribution < -0.4 is 4.74 Å². The molecule has 2 bridgehead atoms. The minimum Gasteiger partial charge on any atom is -0.426 e. The van der Waals surface area contributed by atoms with Gasteiger partial charge in [0.05, 0.1) is 13.2 Å². The van der Waals surface area contributed by atoms with E-state index in [0.717, 1.165) is 56.0 Å². The van der Waals surface area contributed by atoms with Crippen LogP contribution in [-0.2, 0) is 16.1 Å². The van der Waals surface area contributed by atoms with Crippen molar-refractivity contribution in [3.63, 3.8) is 0 Å². The summed E-state index contributed by atoms with van der Waals surface area (Å²) in [6.45, 7) is 4.17. The Kier molecular flexibility index (Phi) is 5.08. The van der Waals surface area contributed by atoms with Crippen molar-refractivity contribution in [2.45, 2.75) is 38.6 Å². The molecule has 28 heavy (non-hydrogen) atoms. The lowest BCUT2D eigenvalue weighted by Gasteiger charge is -2.28. The van der Waals surface area contributed by atoms with Gasteiger partial charge >= 0.3 is 5.97 Å². The summed E-state index contributed by atoms with van der Waals surface area (Å²) < 4.78 is 11.5. The second kappa shape index (κ2) is 7.84. The molecule has 0 aromatic heterocycles. The first-order valence-corrected chi connectivity index (χ1v) is 10.8. The standard InChI is InChI=1S/C24H29NO3/c26-24(15-20-14-17-5-6-19(20)13-17)28-23-8-7-18-3-1-2-4-21(18)22(23)16-25-9-11-27-12-10-25/h1-4,7-8,17,19-20H,5-6,9-16H2. The Bertz CT molecular complexity index is 858. The van der Waals surface area contributed by atoms with E-state index in [1.807, 2.05) is 6.07 Å². The normalized spacial score (nSPS) is 27.4. The van der Waals surface area contributed by atoms with Gasteiger partial charge in [-0.25, -0.2) is 0 Å². The average molecular weight is 380 g/mol. The molecule has 3 fully saturated rings. The molecule has 1 aliphatic heterocycles. The number of carbonyl (C=O) groups excluding carboxylic acids is 1. The predicted molar refractivity (Wildman–Crippen MR) is 109 cm³/mol. The van der Waals surface area contributed by atoms with E-state index >= 15 is 0 Å². The first-order valence-electron chi connectivity index (χ1n) is 10.8. The lowest BCUT2D eigenvalue weighted by atomic mass is 9.86. The molecule has 0 spiro atoms. The lowest BCUT2D eigenvalue weighted by Crippen LogP contribution is -2.35. The third-order valence-corrected chi connectivity index (χ3v) is 7.02. The highest BCUT2D eigenvalue weighted by Gasteiger charge is 2.40. The number of benzene rings is 2. The van der Waals surface area contributed by atoms with Crippen molar-refractivity contribution < 1.29 is 14.3 Å². The summed E-state index contributed by atoms with van der Waals surface area (Å²) in [6, 6.07) is 12.4. The number of esters is 1. The lowest BCUT2D eigenvalue weighted by molar-refractivity contribution is -0.135. The third-order valence-electron chi connectivity index (χ3n) is 7.02. The number of hydrogen-bond donors (Lipinski definition) is 0. The van der Waals surface area contributed by atoms with Gasteiger partial charge in [0.1, 0.15) is 5.75 Å². The molecule has 2 aliphatic carbocycles. The van der Waals surface area contributed by atoms with E-state index in [2.05, 4.69) is 35.2 Å². The summed E-state index contributed by atoms with van der Waals surface area (Å²) in [5, 5.41) is 2.37. The van der Waals surface area contributed by atoms with Crippen LogP contribution in [0.5, 0.6) is 5.75 Å². The van der Waals surface area contributed by atoms with Crippen molar-refractivity contribution in [2.24, 2.45) is 17.8 Å². The molecule has 4 heteroatoms. The van der Waals surface area contributed by atoms with Gasteiger partial charge in [0.25, 0.3) is 0 Å². The summed E-state index contributed by atoms with van der Waals surface area (Å²) in [4.78, 5) is 15.2. The van der Waals surface area contributed by atoms with Crippen LogP contribution in [-0.4, -0.2) is 37.2 Å². The van der Waals surface area contributed by atoms with Gasteiger partial charge in [0, 0.05) is 31.6 Å². The average Bonchev–Trinajstić information content (AvgIpc) is 3.34. The minimum atomic E-state index is -0.0592. The van der Waals surface area contributed by atoms with Crippen LogP contribution >= 0.6 is 0 Å². The predicted octanol–water partition coefficient (Wildman–Crippen LogP) is 4.40. The van der Waals surface area contributed by atoms with E-state index in [-0.39, 0.29) is 5.97 Å². The van der Waals surface area contributed by atoms with Crippen LogP contribution in [0.4, 0.5) is 0 Å². The Balaban J connectivity index is 1.36. The molecule has 148 valence electrons. The molecule has 1 heterocycles. The molecule has 2 aromatic rings. The fourth-order valence-corrected chi connectivity index (χ4v) is 5.56. The van der Waals surface area contributed by atoms with Gasteiger partial charge < -0.3 is 9.47 Å². The van der Waals surface area contributed by atoms with E-state index in [1.165, 1.54) is 36.5 Å². The minimum absolute atomic E-state index is 0.0592. The smallest absolute Gasteiger partial charge is 0.311 e. The SMILES string of the molecule is O=C(CC1CC2CCC1C2)Oc1ccc2ccccc2c1CN1CCOCC1. The summed E-state index contributed by atoms with van der Waals surface area (Å²) >= 11 is 0. The van der Waals surface area contributed by atoms with Crippen LogP contribution in [0.25, 0.3) is 10.8 Å². The van der Waals surface area contributed by atoms with Crippen molar-refractivity contribution in [1.82, 2.24) is 4.90 Å². The number of nitrogens with zero attached hydrogens (tertiary/aromatic N) is 1. The highest BCUT2D eigenvalue weighted by atomic mass is 16.5. The molecule has 5 rings (SSSR count). The number of fused-ring (bicyclic) bond motifs is 3. The van der Waals surface area contributed by atoms with Crippen molar-refractivity contribution >= 4 is 16.7 Å². The Morgan fingerprint density at radius 3 is 2.71 bits per heavy atom. The van der Waals surface area contributed by atoms with Crippen molar-refractivity contribution in [3.05, 3.63) is 42.0 Å². The van der Waals surface area contributed by atoms with E-state index < -0.39 is 0 Å². The van der Waals surface area contributed by atoms with Gasteiger partial charge in [-0.3, -0.25) is 9.69 Å². The molecular formula is C24H29NO3. The molecule has 1 saturated heterocycles. The van der Waals surface area contributed by atoms with Crippen LogP contribution in [0.1, 0.15) is 37.7 Å². The summed E-state index contributed by atoms with van der Waals surface area (Å²) in [6.07, 6.45) is 5.80. The molecule has 3 aliphatic rings. The van der Waals surface area contributed by atoms with Gasteiger partial charge in [-0.05, 0) is 53.9 Å². The molecule has 3 unspecified atom stereocenters. The van der Waals surface area contributed by atoms with E-state index in [0.29, 0.717) is 12.3 Å².